The minimum absolute atomic E-state index is 0.166. The molecule has 0 bridgehead atoms. The van der Waals surface area contributed by atoms with E-state index in [1.807, 2.05) is 12.1 Å². The Kier molecular flexibility index (Phi) is 3.83. The van der Waals surface area contributed by atoms with Gasteiger partial charge in [-0.25, -0.2) is 4.79 Å². The third kappa shape index (κ3) is 2.98. The number of rotatable bonds is 3. The molecule has 1 saturated carbocycles. The fraction of sp³-hybridized carbons (Fsp3) is 0.562. The van der Waals surface area contributed by atoms with Crippen molar-refractivity contribution in [1.82, 2.24) is 5.32 Å². The summed E-state index contributed by atoms with van der Waals surface area (Å²) in [5.41, 5.74) is 3.29. The number of benzene rings is 1. The summed E-state index contributed by atoms with van der Waals surface area (Å²) in [4.78, 5) is 12.0. The number of fused-ring (bicyclic) bond motifs is 1. The molecule has 0 amide bonds. The predicted molar refractivity (Wildman–Crippen MR) is 74.1 cm³/mol. The Morgan fingerprint density at radius 3 is 2.95 bits per heavy atom. The van der Waals surface area contributed by atoms with Crippen molar-refractivity contribution in [2.24, 2.45) is 5.92 Å². The van der Waals surface area contributed by atoms with Crippen LogP contribution in [-0.2, 0) is 17.7 Å². The third-order valence-electron chi connectivity index (χ3n) is 4.25. The highest BCUT2D eigenvalue weighted by Crippen LogP contribution is 2.25. The first-order valence-electron chi connectivity index (χ1n) is 7.32. The first-order valence-corrected chi connectivity index (χ1v) is 7.32. The van der Waals surface area contributed by atoms with E-state index in [2.05, 4.69) is 11.4 Å². The molecule has 1 aliphatic heterocycles. The Balaban J connectivity index is 1.62. The van der Waals surface area contributed by atoms with Gasteiger partial charge in [-0.15, -0.1) is 0 Å². The zero-order chi connectivity index (χ0) is 13.1. The molecule has 0 saturated heterocycles. The number of ether oxygens (including phenoxy) is 1. The van der Waals surface area contributed by atoms with Crippen LogP contribution in [0.1, 0.15) is 47.2 Å². The highest BCUT2D eigenvalue weighted by Gasteiger charge is 2.18. The van der Waals surface area contributed by atoms with Gasteiger partial charge in [0.05, 0.1) is 12.2 Å². The molecule has 102 valence electrons. The molecule has 0 aromatic heterocycles. The van der Waals surface area contributed by atoms with Crippen molar-refractivity contribution in [3.8, 4) is 0 Å². The van der Waals surface area contributed by atoms with Crippen molar-refractivity contribution in [2.45, 2.75) is 38.6 Å². The molecule has 0 spiro atoms. The average molecular weight is 259 g/mol. The van der Waals surface area contributed by atoms with Crippen LogP contribution < -0.4 is 5.32 Å². The summed E-state index contributed by atoms with van der Waals surface area (Å²) in [6, 6.07) is 5.96. The highest BCUT2D eigenvalue weighted by molar-refractivity contribution is 5.89. The van der Waals surface area contributed by atoms with Gasteiger partial charge in [0.1, 0.15) is 0 Å². The maximum atomic E-state index is 12.0. The lowest BCUT2D eigenvalue weighted by molar-refractivity contribution is 0.0442. The van der Waals surface area contributed by atoms with Crippen molar-refractivity contribution >= 4 is 5.97 Å². The van der Waals surface area contributed by atoms with E-state index in [0.29, 0.717) is 18.1 Å². The first kappa shape index (κ1) is 12.7. The molecule has 0 atom stereocenters. The quantitative estimate of drug-likeness (QED) is 0.848. The van der Waals surface area contributed by atoms with Crippen LogP contribution in [-0.4, -0.2) is 19.1 Å². The maximum Gasteiger partial charge on any atom is 0.338 e. The van der Waals surface area contributed by atoms with E-state index in [0.717, 1.165) is 19.5 Å². The standard InChI is InChI=1S/C16H21NO2/c18-16(19-11-12-3-1-2-4-12)14-6-5-13-7-8-17-10-15(13)9-14/h5-6,9,12,17H,1-4,7-8,10-11H2. The fourth-order valence-corrected chi connectivity index (χ4v) is 3.06. The molecule has 1 heterocycles. The summed E-state index contributed by atoms with van der Waals surface area (Å²) in [6.07, 6.45) is 6.04. The minimum Gasteiger partial charge on any atom is -0.462 e. The number of hydrogen-bond donors (Lipinski definition) is 1. The molecule has 1 fully saturated rings. The van der Waals surface area contributed by atoms with E-state index in [4.69, 9.17) is 4.74 Å². The minimum atomic E-state index is -0.166. The Labute approximate surface area is 114 Å². The largest absolute Gasteiger partial charge is 0.462 e. The van der Waals surface area contributed by atoms with Crippen molar-refractivity contribution < 1.29 is 9.53 Å². The summed E-state index contributed by atoms with van der Waals surface area (Å²) in [7, 11) is 0. The first-order chi connectivity index (χ1) is 9.33. The fourth-order valence-electron chi connectivity index (χ4n) is 3.06. The summed E-state index contributed by atoms with van der Waals surface area (Å²) >= 11 is 0. The van der Waals surface area contributed by atoms with Gasteiger partial charge in [-0.1, -0.05) is 18.9 Å². The Morgan fingerprint density at radius 1 is 1.26 bits per heavy atom. The van der Waals surface area contributed by atoms with E-state index in [1.165, 1.54) is 36.8 Å². The van der Waals surface area contributed by atoms with Crippen molar-refractivity contribution in [2.75, 3.05) is 13.2 Å². The van der Waals surface area contributed by atoms with Gasteiger partial charge in [-0.3, -0.25) is 0 Å². The third-order valence-corrected chi connectivity index (χ3v) is 4.25. The second-order valence-corrected chi connectivity index (χ2v) is 5.66. The van der Waals surface area contributed by atoms with Crippen molar-refractivity contribution in [1.29, 1.82) is 0 Å². The topological polar surface area (TPSA) is 38.3 Å². The zero-order valence-corrected chi connectivity index (χ0v) is 11.3. The second-order valence-electron chi connectivity index (χ2n) is 5.66. The van der Waals surface area contributed by atoms with Gasteiger partial charge in [0.25, 0.3) is 0 Å². The molecule has 1 aromatic carbocycles. The Morgan fingerprint density at radius 2 is 2.11 bits per heavy atom. The summed E-state index contributed by atoms with van der Waals surface area (Å²) in [5.74, 6) is 0.420. The van der Waals surface area contributed by atoms with Crippen LogP contribution in [0.4, 0.5) is 0 Å². The highest BCUT2D eigenvalue weighted by atomic mass is 16.5. The van der Waals surface area contributed by atoms with Gasteiger partial charge in [-0.2, -0.15) is 0 Å². The predicted octanol–water partition coefficient (Wildman–Crippen LogP) is 2.68. The lowest BCUT2D eigenvalue weighted by Gasteiger charge is -2.17. The van der Waals surface area contributed by atoms with Crippen LogP contribution in [0.3, 0.4) is 0 Å². The van der Waals surface area contributed by atoms with E-state index in [9.17, 15) is 4.79 Å². The van der Waals surface area contributed by atoms with Gasteiger partial charge in [0, 0.05) is 6.54 Å². The molecular formula is C16H21NO2. The molecule has 0 radical (unpaired) electrons. The van der Waals surface area contributed by atoms with E-state index < -0.39 is 0 Å². The lowest BCUT2D eigenvalue weighted by Crippen LogP contribution is -2.24. The van der Waals surface area contributed by atoms with Crippen LogP contribution in [0.5, 0.6) is 0 Å². The molecular weight excluding hydrogens is 238 g/mol. The molecule has 0 unspecified atom stereocenters. The van der Waals surface area contributed by atoms with Crippen LogP contribution in [0.2, 0.25) is 0 Å². The van der Waals surface area contributed by atoms with Crippen molar-refractivity contribution in [3.63, 3.8) is 0 Å². The molecule has 3 rings (SSSR count). The smallest absolute Gasteiger partial charge is 0.338 e. The van der Waals surface area contributed by atoms with Gasteiger partial charge in [0.15, 0.2) is 0 Å². The van der Waals surface area contributed by atoms with Crippen LogP contribution >= 0.6 is 0 Å². The number of esters is 1. The average Bonchev–Trinajstić information content (AvgIpc) is 2.97. The second kappa shape index (κ2) is 5.74. The molecule has 3 nitrogen and oxygen atoms in total. The van der Waals surface area contributed by atoms with E-state index >= 15 is 0 Å². The Hall–Kier alpha value is -1.35. The summed E-state index contributed by atoms with van der Waals surface area (Å²) in [6.45, 7) is 2.48. The molecule has 3 heteroatoms. The van der Waals surface area contributed by atoms with E-state index in [-0.39, 0.29) is 5.97 Å². The maximum absolute atomic E-state index is 12.0. The molecule has 1 N–H and O–H groups in total. The summed E-state index contributed by atoms with van der Waals surface area (Å²) in [5, 5.41) is 3.33. The monoisotopic (exact) mass is 259 g/mol. The normalized spacial score (nSPS) is 19.2. The zero-order valence-electron chi connectivity index (χ0n) is 11.3. The van der Waals surface area contributed by atoms with Crippen molar-refractivity contribution in [3.05, 3.63) is 34.9 Å². The van der Waals surface area contributed by atoms with Crippen LogP contribution in [0.25, 0.3) is 0 Å². The molecule has 2 aliphatic rings. The van der Waals surface area contributed by atoms with Gasteiger partial charge in [-0.05, 0) is 55.0 Å². The molecule has 1 aromatic rings. The van der Waals surface area contributed by atoms with Crippen LogP contribution in [0.15, 0.2) is 18.2 Å². The van der Waals surface area contributed by atoms with E-state index in [1.54, 1.807) is 0 Å². The number of carbonyl (C=O) groups excluding carboxylic acids is 1. The number of nitrogens with one attached hydrogen (secondary N) is 1. The van der Waals surface area contributed by atoms with Gasteiger partial charge in [0.2, 0.25) is 0 Å². The summed E-state index contributed by atoms with van der Waals surface area (Å²) < 4.78 is 5.44. The van der Waals surface area contributed by atoms with Gasteiger partial charge < -0.3 is 10.1 Å². The SMILES string of the molecule is O=C(OCC1CCCC1)c1ccc2c(c1)CNCC2. The number of hydrogen-bond acceptors (Lipinski definition) is 3. The molecule has 1 aliphatic carbocycles. The lowest BCUT2D eigenvalue weighted by atomic mass is 9.98. The number of carbonyl (C=O) groups is 1. The Bertz CT molecular complexity index is 464. The van der Waals surface area contributed by atoms with Crippen LogP contribution in [0, 0.1) is 5.92 Å². The molecule has 19 heavy (non-hydrogen) atoms. The van der Waals surface area contributed by atoms with Gasteiger partial charge >= 0.3 is 5.97 Å².